The lowest BCUT2D eigenvalue weighted by atomic mass is 9.68. The summed E-state index contributed by atoms with van der Waals surface area (Å²) in [5.74, 6) is 1.07. The van der Waals surface area contributed by atoms with Gasteiger partial charge in [0.2, 0.25) is 0 Å². The standard InChI is InChI=1S/C30H40N4O4S.C30H40N4O2S/c1-32(2)30(24-11-5-4-6-12-24)17-15-29(16-18-30)22-33(28(36)34(29)20-23-9-7-10-23)21-26(35)19-25-13-8-14-27(31-25)39(3,37)38;1-32(2)30(24-11-5-4-6-12-24)17-15-29(16-18-30)22-33(28(36)34(29)20-23-9-7-10-23)21-26(35)19-25-13-8-14-27(31-25)37-3/h4-6,8,11-14,23H,7,9-10,15-22H2,1-3H3;4-6,8,11-14,23H,7,9-10,15-22H2,1-3H3. The number of pyridine rings is 2. The van der Waals surface area contributed by atoms with Crippen molar-refractivity contribution in [2.24, 2.45) is 11.8 Å². The number of benzene rings is 2. The molecule has 0 unspecified atom stereocenters. The van der Waals surface area contributed by atoms with E-state index >= 15 is 0 Å². The predicted octanol–water partition coefficient (Wildman–Crippen LogP) is 9.13. The molecule has 16 heteroatoms. The minimum Gasteiger partial charge on any atom is -0.317 e. The highest BCUT2D eigenvalue weighted by Crippen LogP contribution is 2.51. The molecule has 0 radical (unpaired) electrons. The van der Waals surface area contributed by atoms with Crippen LogP contribution in [0.25, 0.3) is 0 Å². The molecular formula is C60H80N8O6S2. The number of sulfone groups is 1. The molecule has 10 rings (SSSR count). The van der Waals surface area contributed by atoms with Crippen LogP contribution in [0.2, 0.25) is 0 Å². The van der Waals surface area contributed by atoms with E-state index in [1.54, 1.807) is 28.8 Å². The Kier molecular flexibility index (Phi) is 16.9. The molecule has 4 aromatic rings. The van der Waals surface area contributed by atoms with Crippen molar-refractivity contribution >= 4 is 45.2 Å². The summed E-state index contributed by atoms with van der Waals surface area (Å²) in [6.45, 7) is 3.00. The second-order valence-corrected chi connectivity index (χ2v) is 26.3. The quantitative estimate of drug-likeness (QED) is 0.0880. The molecule has 4 amide bonds. The Balaban J connectivity index is 0.000000186. The lowest BCUT2D eigenvalue weighted by molar-refractivity contribution is -0.119. The van der Waals surface area contributed by atoms with Crippen molar-refractivity contribution in [1.29, 1.82) is 0 Å². The maximum atomic E-state index is 13.8. The molecule has 76 heavy (non-hydrogen) atoms. The Labute approximate surface area is 456 Å². The van der Waals surface area contributed by atoms with Crippen molar-refractivity contribution in [3.63, 3.8) is 0 Å². The third-order valence-electron chi connectivity index (χ3n) is 18.4. The van der Waals surface area contributed by atoms with E-state index < -0.39 is 9.84 Å². The van der Waals surface area contributed by atoms with Gasteiger partial charge in [0.05, 0.1) is 42.0 Å². The number of carbonyl (C=O) groups is 4. The van der Waals surface area contributed by atoms with Gasteiger partial charge in [0.1, 0.15) is 0 Å². The van der Waals surface area contributed by atoms with Crippen LogP contribution in [-0.2, 0) is 43.3 Å². The van der Waals surface area contributed by atoms with Crippen LogP contribution in [-0.4, -0.2) is 162 Å². The van der Waals surface area contributed by atoms with Crippen LogP contribution in [0, 0.1) is 11.8 Å². The summed E-state index contributed by atoms with van der Waals surface area (Å²) in [4.78, 5) is 75.1. The summed E-state index contributed by atoms with van der Waals surface area (Å²) in [7, 11) is 5.20. The first-order chi connectivity index (χ1) is 36.4. The normalized spacial score (nSPS) is 26.1. The number of hydrogen-bond acceptors (Lipinski definition) is 11. The van der Waals surface area contributed by atoms with Gasteiger partial charge < -0.3 is 19.6 Å². The van der Waals surface area contributed by atoms with Gasteiger partial charge in [-0.1, -0.05) is 85.6 Å². The number of Topliss-reactive ketones (excluding diaryl/α,β-unsaturated/α-hetero) is 2. The fraction of sp³-hybridized carbons (Fsp3) is 0.567. The molecule has 0 N–H and O–H groups in total. The molecule has 2 aliphatic heterocycles. The first-order valence-electron chi connectivity index (χ1n) is 27.7. The maximum Gasteiger partial charge on any atom is 0.321 e. The summed E-state index contributed by atoms with van der Waals surface area (Å²) >= 11 is 1.57. The number of rotatable bonds is 18. The van der Waals surface area contributed by atoms with Gasteiger partial charge in [-0.05, 0) is 159 Å². The molecule has 2 spiro atoms. The molecule has 0 bridgehead atoms. The Morgan fingerprint density at radius 3 is 1.36 bits per heavy atom. The molecule has 4 heterocycles. The number of ketones is 2. The summed E-state index contributed by atoms with van der Waals surface area (Å²) < 4.78 is 23.8. The minimum absolute atomic E-state index is 0.000509. The summed E-state index contributed by atoms with van der Waals surface area (Å²) in [5, 5.41) is 0.874. The van der Waals surface area contributed by atoms with Crippen molar-refractivity contribution in [2.75, 3.05) is 80.0 Å². The maximum absolute atomic E-state index is 13.8. The fourth-order valence-electron chi connectivity index (χ4n) is 13.4. The number of thioether (sulfide) groups is 1. The smallest absolute Gasteiger partial charge is 0.317 e. The van der Waals surface area contributed by atoms with Crippen LogP contribution >= 0.6 is 11.8 Å². The number of carbonyl (C=O) groups excluding carboxylic acids is 4. The van der Waals surface area contributed by atoms with Crippen LogP contribution in [0.5, 0.6) is 0 Å². The zero-order valence-corrected chi connectivity index (χ0v) is 47.4. The Morgan fingerprint density at radius 1 is 0.579 bits per heavy atom. The van der Waals surface area contributed by atoms with Gasteiger partial charge in [-0.3, -0.25) is 19.4 Å². The lowest BCUT2D eigenvalue weighted by Gasteiger charge is -2.51. The van der Waals surface area contributed by atoms with E-state index in [9.17, 15) is 27.6 Å². The molecule has 6 fully saturated rings. The van der Waals surface area contributed by atoms with Gasteiger partial charge in [-0.2, -0.15) is 0 Å². The van der Waals surface area contributed by atoms with Crippen molar-refractivity contribution in [3.8, 4) is 0 Å². The number of amides is 4. The second kappa shape index (κ2) is 23.0. The van der Waals surface area contributed by atoms with E-state index in [4.69, 9.17) is 0 Å². The molecule has 2 saturated heterocycles. The average Bonchev–Trinajstić information content (AvgIpc) is 3.77. The van der Waals surface area contributed by atoms with Crippen molar-refractivity contribution in [2.45, 2.75) is 135 Å². The fourth-order valence-corrected chi connectivity index (χ4v) is 14.4. The molecule has 4 saturated carbocycles. The van der Waals surface area contributed by atoms with Gasteiger partial charge in [0, 0.05) is 54.9 Å². The SMILES string of the molecule is CN(C)C1(c2ccccc2)CCC2(CC1)CN(CC(=O)Cc1cccc(S(C)(=O)=O)n1)C(=O)N2CC1CCC1.CSc1cccc(CC(=O)CN2CC3(CCC(c4ccccc4)(N(C)C)CC3)N(CC3CCC3)C2=O)n1. The number of urea groups is 2. The van der Waals surface area contributed by atoms with E-state index in [2.05, 4.69) is 118 Å². The molecule has 2 aromatic heterocycles. The zero-order valence-electron chi connectivity index (χ0n) is 45.8. The second-order valence-electron chi connectivity index (χ2n) is 23.5. The summed E-state index contributed by atoms with van der Waals surface area (Å²) in [6, 6.07) is 32.0. The van der Waals surface area contributed by atoms with Crippen molar-refractivity contribution < 1.29 is 27.6 Å². The van der Waals surface area contributed by atoms with Gasteiger partial charge >= 0.3 is 12.1 Å². The topological polar surface area (TPSA) is 148 Å². The largest absolute Gasteiger partial charge is 0.321 e. The number of aromatic nitrogens is 2. The summed E-state index contributed by atoms with van der Waals surface area (Å²) in [6.07, 6.45) is 18.2. The Morgan fingerprint density at radius 2 is 0.987 bits per heavy atom. The van der Waals surface area contributed by atoms with Crippen LogP contribution in [0.15, 0.2) is 107 Å². The third kappa shape index (κ3) is 11.7. The number of nitrogens with zero attached hydrogens (tertiary/aromatic N) is 8. The third-order valence-corrected chi connectivity index (χ3v) is 20.1. The monoisotopic (exact) mass is 1070 g/mol. The van der Waals surface area contributed by atoms with E-state index in [0.29, 0.717) is 30.6 Å². The first kappa shape index (κ1) is 55.6. The predicted molar refractivity (Wildman–Crippen MR) is 299 cm³/mol. The van der Waals surface area contributed by atoms with Crippen LogP contribution in [0.3, 0.4) is 0 Å². The molecule has 0 atom stereocenters. The minimum atomic E-state index is -3.46. The molecule has 4 aliphatic carbocycles. The van der Waals surface area contributed by atoms with Gasteiger partial charge in [-0.15, -0.1) is 11.8 Å². The Bertz CT molecular complexity index is 2810. The van der Waals surface area contributed by atoms with Crippen LogP contribution in [0.1, 0.15) is 112 Å². The molecule has 408 valence electrons. The molecule has 14 nitrogen and oxygen atoms in total. The summed E-state index contributed by atoms with van der Waals surface area (Å²) in [5.41, 5.74) is 3.32. The van der Waals surface area contributed by atoms with E-state index in [0.717, 1.165) is 94.3 Å². The molecular weight excluding hydrogens is 993 g/mol. The number of hydrogen-bond donors (Lipinski definition) is 0. The van der Waals surface area contributed by atoms with E-state index in [-0.39, 0.29) is 76.7 Å². The highest BCUT2D eigenvalue weighted by atomic mass is 32.2. The van der Waals surface area contributed by atoms with E-state index in [1.165, 1.54) is 42.9 Å². The van der Waals surface area contributed by atoms with Crippen LogP contribution in [0.4, 0.5) is 9.59 Å². The van der Waals surface area contributed by atoms with Crippen molar-refractivity contribution in [3.05, 3.63) is 120 Å². The van der Waals surface area contributed by atoms with Gasteiger partial charge in [-0.25, -0.2) is 28.0 Å². The molecule has 2 aromatic carbocycles. The van der Waals surface area contributed by atoms with Crippen LogP contribution < -0.4 is 0 Å². The Hall–Kier alpha value is -5.16. The first-order valence-corrected chi connectivity index (χ1v) is 30.8. The van der Waals surface area contributed by atoms with E-state index in [1.807, 2.05) is 29.4 Å². The highest BCUT2D eigenvalue weighted by Gasteiger charge is 2.57. The van der Waals surface area contributed by atoms with Crippen molar-refractivity contribution in [1.82, 2.24) is 39.4 Å². The van der Waals surface area contributed by atoms with Gasteiger partial charge in [0.15, 0.2) is 26.4 Å². The average molecular weight is 1070 g/mol. The molecule has 6 aliphatic rings. The zero-order chi connectivity index (χ0) is 53.9. The lowest BCUT2D eigenvalue weighted by Crippen LogP contribution is -2.56. The van der Waals surface area contributed by atoms with Gasteiger partial charge in [0.25, 0.3) is 0 Å². The highest BCUT2D eigenvalue weighted by molar-refractivity contribution is 7.98.